The van der Waals surface area contributed by atoms with E-state index in [1.54, 1.807) is 25.1 Å². The van der Waals surface area contributed by atoms with E-state index in [0.29, 0.717) is 5.39 Å². The molecule has 0 saturated carbocycles. The quantitative estimate of drug-likeness (QED) is 0.107. The van der Waals surface area contributed by atoms with Crippen LogP contribution >= 0.6 is 11.6 Å². The number of nitrogens with zero attached hydrogens (tertiary/aromatic N) is 1. The Morgan fingerprint density at radius 2 is 1.60 bits per heavy atom. The van der Waals surface area contributed by atoms with Gasteiger partial charge in [-0.05, 0) is 49.9 Å². The molecule has 0 radical (unpaired) electrons. The Morgan fingerprint density at radius 1 is 0.936 bits per heavy atom. The van der Waals surface area contributed by atoms with E-state index in [-0.39, 0.29) is 28.5 Å². The number of nitrogens with one attached hydrogen (secondary N) is 1. The number of halogens is 6. The van der Waals surface area contributed by atoms with Crippen LogP contribution in [0.4, 0.5) is 22.0 Å². The van der Waals surface area contributed by atoms with Crippen molar-refractivity contribution < 1.29 is 45.8 Å². The Balaban J connectivity index is 1.62. The molecule has 248 valence electrons. The van der Waals surface area contributed by atoms with Crippen molar-refractivity contribution in [1.29, 1.82) is 0 Å². The summed E-state index contributed by atoms with van der Waals surface area (Å²) in [6.07, 6.45) is 0.507. The van der Waals surface area contributed by atoms with Gasteiger partial charge in [0, 0.05) is 28.2 Å². The average Bonchev–Trinajstić information content (AvgIpc) is 3.01. The second-order valence-electron chi connectivity index (χ2n) is 11.0. The lowest BCUT2D eigenvalue weighted by Gasteiger charge is -2.28. The van der Waals surface area contributed by atoms with Gasteiger partial charge >= 0.3 is 5.97 Å². The highest BCUT2D eigenvalue weighted by Gasteiger charge is 2.34. The fourth-order valence-electron chi connectivity index (χ4n) is 4.91. The maximum absolute atomic E-state index is 14.5. The minimum atomic E-state index is -1.91. The molecule has 2 atom stereocenters. The highest BCUT2D eigenvalue weighted by molar-refractivity contribution is 6.31. The first-order valence-corrected chi connectivity index (χ1v) is 14.6. The minimum absolute atomic E-state index is 0.00417. The molecule has 3 aromatic carbocycles. The summed E-state index contributed by atoms with van der Waals surface area (Å²) in [7, 11) is 0. The van der Waals surface area contributed by atoms with Crippen molar-refractivity contribution in [1.82, 2.24) is 9.88 Å². The normalized spacial score (nSPS) is 12.8. The fourth-order valence-corrected chi connectivity index (χ4v) is 5.08. The predicted molar refractivity (Wildman–Crippen MR) is 161 cm³/mol. The van der Waals surface area contributed by atoms with Gasteiger partial charge < -0.3 is 19.4 Å². The van der Waals surface area contributed by atoms with Crippen molar-refractivity contribution in [3.63, 3.8) is 0 Å². The lowest BCUT2D eigenvalue weighted by molar-refractivity contribution is -0.159. The van der Waals surface area contributed by atoms with Crippen LogP contribution in [0.5, 0.6) is 5.75 Å². The van der Waals surface area contributed by atoms with Gasteiger partial charge in [0.25, 0.3) is 5.56 Å². The first kappa shape index (κ1) is 35.1. The second-order valence-corrected chi connectivity index (χ2v) is 11.4. The van der Waals surface area contributed by atoms with Crippen LogP contribution in [-0.4, -0.2) is 34.9 Å². The van der Waals surface area contributed by atoms with E-state index < -0.39 is 88.8 Å². The van der Waals surface area contributed by atoms with Crippen molar-refractivity contribution in [3.05, 3.63) is 111 Å². The van der Waals surface area contributed by atoms with Crippen LogP contribution in [0.3, 0.4) is 0 Å². The maximum atomic E-state index is 14.5. The number of pyridine rings is 1. The van der Waals surface area contributed by atoms with Gasteiger partial charge in [0.05, 0.1) is 6.42 Å². The summed E-state index contributed by atoms with van der Waals surface area (Å²) in [5.74, 6) is -12.8. The number of Topliss-reactive ketones (excluding diaryl/α,β-unsaturated/α-hetero) is 1. The molecule has 1 amide bonds. The summed E-state index contributed by atoms with van der Waals surface area (Å²) in [5.41, 5.74) is -2.12. The molecule has 4 aromatic rings. The van der Waals surface area contributed by atoms with E-state index in [4.69, 9.17) is 21.1 Å². The number of benzene rings is 3. The molecule has 8 nitrogen and oxygen atoms in total. The molecule has 1 unspecified atom stereocenters. The number of rotatable bonds is 12. The Morgan fingerprint density at radius 3 is 2.23 bits per heavy atom. The molecule has 1 heterocycles. The lowest BCUT2D eigenvalue weighted by atomic mass is 9.97. The molecule has 0 fully saturated rings. The van der Waals surface area contributed by atoms with Crippen LogP contribution in [0, 0.1) is 29.1 Å². The topological polar surface area (TPSA) is 104 Å². The zero-order valence-electron chi connectivity index (χ0n) is 25.2. The lowest BCUT2D eigenvalue weighted by Crippen LogP contribution is -2.48. The Hall–Kier alpha value is -4.78. The van der Waals surface area contributed by atoms with Crippen LogP contribution in [0.2, 0.25) is 5.02 Å². The van der Waals surface area contributed by atoms with Gasteiger partial charge in [-0.3, -0.25) is 19.2 Å². The molecule has 0 aliphatic carbocycles. The smallest absolute Gasteiger partial charge is 0.309 e. The fraction of sp³-hybridized carbons (Fsp3) is 0.273. The molecule has 0 spiro atoms. The van der Waals surface area contributed by atoms with Crippen LogP contribution in [-0.2, 0) is 24.7 Å². The molecule has 0 saturated heterocycles. The predicted octanol–water partition coefficient (Wildman–Crippen LogP) is 6.30. The molecule has 0 aliphatic heterocycles. The van der Waals surface area contributed by atoms with Gasteiger partial charge in [-0.25, -0.2) is 13.2 Å². The highest BCUT2D eigenvalue weighted by Crippen LogP contribution is 2.29. The van der Waals surface area contributed by atoms with E-state index in [1.165, 1.54) is 44.3 Å². The summed E-state index contributed by atoms with van der Waals surface area (Å²) in [6, 6.07) is 8.59. The Labute approximate surface area is 270 Å². The third-order valence-electron chi connectivity index (χ3n) is 7.32. The van der Waals surface area contributed by atoms with Crippen LogP contribution in [0.15, 0.2) is 65.6 Å². The van der Waals surface area contributed by atoms with Crippen molar-refractivity contribution in [2.75, 3.05) is 6.61 Å². The van der Waals surface area contributed by atoms with Gasteiger partial charge in [-0.2, -0.15) is 8.78 Å². The SMILES string of the molecule is CC[C@@H](C(=O)NC(CC(=O)OC(C)(C)c1ccccc1F)C(=O)COc1c(F)c(F)cc(F)c1F)n1ccc2ccc(Cl)cc2c1=O. The van der Waals surface area contributed by atoms with Gasteiger partial charge in [0.15, 0.2) is 23.2 Å². The number of fused-ring (bicyclic) bond motifs is 1. The van der Waals surface area contributed by atoms with E-state index in [0.717, 1.165) is 10.6 Å². The third-order valence-corrected chi connectivity index (χ3v) is 7.55. The monoisotopic (exact) mass is 678 g/mol. The number of hydrogen-bond acceptors (Lipinski definition) is 6. The average molecular weight is 679 g/mol. The van der Waals surface area contributed by atoms with Crippen LogP contribution in [0.25, 0.3) is 10.8 Å². The first-order chi connectivity index (χ1) is 22.1. The largest absolute Gasteiger partial charge is 0.479 e. The number of carbonyl (C=O) groups excluding carboxylic acids is 3. The third kappa shape index (κ3) is 7.79. The molecule has 4 rings (SSSR count). The summed E-state index contributed by atoms with van der Waals surface area (Å²) < 4.78 is 81.5. The van der Waals surface area contributed by atoms with Gasteiger partial charge in [0.1, 0.15) is 30.1 Å². The number of carbonyl (C=O) groups is 3. The van der Waals surface area contributed by atoms with Crippen molar-refractivity contribution >= 4 is 40.0 Å². The van der Waals surface area contributed by atoms with E-state index in [2.05, 4.69) is 5.32 Å². The van der Waals surface area contributed by atoms with Gasteiger partial charge in [-0.1, -0.05) is 42.8 Å². The Kier molecular flexibility index (Phi) is 10.7. The maximum Gasteiger partial charge on any atom is 0.309 e. The zero-order valence-corrected chi connectivity index (χ0v) is 26.0. The molecule has 1 N–H and O–H groups in total. The molecule has 0 bridgehead atoms. The summed E-state index contributed by atoms with van der Waals surface area (Å²) in [4.78, 5) is 53.2. The van der Waals surface area contributed by atoms with Crippen molar-refractivity contribution in [2.45, 2.75) is 51.3 Å². The molecule has 1 aromatic heterocycles. The summed E-state index contributed by atoms with van der Waals surface area (Å²) >= 11 is 6.05. The van der Waals surface area contributed by atoms with Crippen LogP contribution < -0.4 is 15.6 Å². The molecule has 14 heteroatoms. The number of ketones is 1. The van der Waals surface area contributed by atoms with E-state index >= 15 is 0 Å². The summed E-state index contributed by atoms with van der Waals surface area (Å²) in [6.45, 7) is 3.10. The van der Waals surface area contributed by atoms with Crippen molar-refractivity contribution in [2.24, 2.45) is 0 Å². The molecular weight excluding hydrogens is 651 g/mol. The molecule has 0 aliphatic rings. The first-order valence-electron chi connectivity index (χ1n) is 14.2. The van der Waals surface area contributed by atoms with Gasteiger partial charge in [-0.15, -0.1) is 0 Å². The highest BCUT2D eigenvalue weighted by atomic mass is 35.5. The summed E-state index contributed by atoms with van der Waals surface area (Å²) in [5, 5.41) is 3.37. The van der Waals surface area contributed by atoms with Crippen molar-refractivity contribution in [3.8, 4) is 5.75 Å². The number of esters is 1. The zero-order chi connectivity index (χ0) is 34.6. The van der Waals surface area contributed by atoms with E-state index in [9.17, 15) is 41.1 Å². The molecular formula is C33H28ClF5N2O6. The second kappa shape index (κ2) is 14.3. The number of aromatic nitrogens is 1. The Bertz CT molecular complexity index is 1890. The number of ether oxygens (including phenoxy) is 2. The number of amides is 1. The van der Waals surface area contributed by atoms with Gasteiger partial charge in [0.2, 0.25) is 17.5 Å². The standard InChI is InChI=1S/C33H28ClF5N2O6/c1-4-25(41-12-11-17-9-10-18(34)13-19(17)32(41)45)31(44)40-24(15-27(43)47-33(2,3)20-7-5-6-8-21(20)35)26(42)16-46-30-28(38)22(36)14-23(37)29(30)39/h5-14,24-25H,4,15-16H2,1-3H3,(H,40,44)/t24?,25-/m0/s1. The number of hydrogen-bond donors (Lipinski definition) is 1. The molecule has 47 heavy (non-hydrogen) atoms. The van der Waals surface area contributed by atoms with E-state index in [1.807, 2.05) is 0 Å². The minimum Gasteiger partial charge on any atom is -0.479 e. The van der Waals surface area contributed by atoms with Crippen LogP contribution in [0.1, 0.15) is 45.2 Å².